The van der Waals surface area contributed by atoms with Crippen molar-refractivity contribution in [2.24, 2.45) is 0 Å². The third-order valence-electron chi connectivity index (χ3n) is 6.63. The van der Waals surface area contributed by atoms with Crippen molar-refractivity contribution < 1.29 is 9.59 Å². The molecular weight excluding hydrogens is 456 g/mol. The zero-order chi connectivity index (χ0) is 22.8. The molecule has 172 valence electrons. The van der Waals surface area contributed by atoms with E-state index in [0.717, 1.165) is 59.6 Å². The average molecular weight is 483 g/mol. The highest BCUT2D eigenvalue weighted by molar-refractivity contribution is 7.18. The number of benzene rings is 2. The van der Waals surface area contributed by atoms with E-state index in [1.54, 1.807) is 11.3 Å². The first-order valence-corrected chi connectivity index (χ1v) is 12.7. The van der Waals surface area contributed by atoms with Gasteiger partial charge in [-0.3, -0.25) is 4.79 Å². The van der Waals surface area contributed by atoms with Crippen LogP contribution in [0.2, 0.25) is 5.02 Å². The van der Waals surface area contributed by atoms with Crippen molar-refractivity contribution in [2.45, 2.75) is 37.6 Å². The van der Waals surface area contributed by atoms with Crippen molar-refractivity contribution in [3.63, 3.8) is 0 Å². The number of carbonyl (C=O) groups is 2. The largest absolute Gasteiger partial charge is 0.338 e. The first-order chi connectivity index (χ1) is 16.1. The molecule has 5 rings (SSSR count). The van der Waals surface area contributed by atoms with Gasteiger partial charge in [-0.15, -0.1) is 11.3 Å². The Morgan fingerprint density at radius 3 is 2.36 bits per heavy atom. The molecule has 0 atom stereocenters. The van der Waals surface area contributed by atoms with E-state index in [1.807, 2.05) is 58.3 Å². The molecule has 8 heteroatoms. The lowest BCUT2D eigenvalue weighted by Gasteiger charge is -2.35. The summed E-state index contributed by atoms with van der Waals surface area (Å²) in [6, 6.07) is 15.4. The van der Waals surface area contributed by atoms with Crippen LogP contribution in [-0.4, -0.2) is 58.9 Å². The zero-order valence-corrected chi connectivity index (χ0v) is 19.9. The Morgan fingerprint density at radius 1 is 0.939 bits per heavy atom. The molecule has 1 N–H and O–H groups in total. The number of amides is 3. The molecule has 0 spiro atoms. The van der Waals surface area contributed by atoms with Gasteiger partial charge in [-0.2, -0.15) is 0 Å². The topological polar surface area (TPSA) is 65.5 Å². The Hall–Kier alpha value is -2.64. The molecule has 3 heterocycles. The SMILES string of the molecule is O=C(NC1CCN(C(=O)c2ccccc2)CC1)N1CCC(c2nc3cc(Cl)ccc3s2)CC1. The van der Waals surface area contributed by atoms with Gasteiger partial charge >= 0.3 is 6.03 Å². The maximum Gasteiger partial charge on any atom is 0.317 e. The number of nitrogens with zero attached hydrogens (tertiary/aromatic N) is 3. The fourth-order valence-corrected chi connectivity index (χ4v) is 5.96. The number of hydrogen-bond acceptors (Lipinski definition) is 4. The van der Waals surface area contributed by atoms with Gasteiger partial charge in [0.05, 0.1) is 15.2 Å². The maximum absolute atomic E-state index is 12.8. The van der Waals surface area contributed by atoms with E-state index in [2.05, 4.69) is 5.32 Å². The number of nitrogens with one attached hydrogen (secondary N) is 1. The highest BCUT2D eigenvalue weighted by atomic mass is 35.5. The molecule has 2 aromatic carbocycles. The third kappa shape index (κ3) is 4.99. The second-order valence-corrected chi connectivity index (χ2v) is 10.3. The minimum Gasteiger partial charge on any atom is -0.338 e. The van der Waals surface area contributed by atoms with Gasteiger partial charge in [-0.05, 0) is 56.0 Å². The molecule has 33 heavy (non-hydrogen) atoms. The Balaban J connectivity index is 1.09. The summed E-state index contributed by atoms with van der Waals surface area (Å²) in [5.41, 5.74) is 1.68. The van der Waals surface area contributed by atoms with Crippen LogP contribution in [0.1, 0.15) is 47.0 Å². The molecule has 3 amide bonds. The maximum atomic E-state index is 12.8. The molecule has 0 bridgehead atoms. The van der Waals surface area contributed by atoms with E-state index in [1.165, 1.54) is 0 Å². The normalized spacial score (nSPS) is 18.0. The van der Waals surface area contributed by atoms with E-state index >= 15 is 0 Å². The molecule has 0 aliphatic carbocycles. The number of carbonyl (C=O) groups excluding carboxylic acids is 2. The van der Waals surface area contributed by atoms with Crippen LogP contribution in [0.3, 0.4) is 0 Å². The number of urea groups is 1. The highest BCUT2D eigenvalue weighted by Crippen LogP contribution is 2.34. The third-order valence-corrected chi connectivity index (χ3v) is 8.06. The Labute approximate surface area is 202 Å². The fraction of sp³-hybridized carbons (Fsp3) is 0.400. The summed E-state index contributed by atoms with van der Waals surface area (Å²) in [7, 11) is 0. The lowest BCUT2D eigenvalue weighted by Crippen LogP contribution is -2.51. The highest BCUT2D eigenvalue weighted by Gasteiger charge is 2.29. The van der Waals surface area contributed by atoms with Crippen molar-refractivity contribution in [1.82, 2.24) is 20.1 Å². The summed E-state index contributed by atoms with van der Waals surface area (Å²) in [6.07, 6.45) is 3.42. The van der Waals surface area contributed by atoms with Gasteiger partial charge < -0.3 is 15.1 Å². The number of aromatic nitrogens is 1. The number of hydrogen-bond donors (Lipinski definition) is 1. The lowest BCUT2D eigenvalue weighted by atomic mass is 9.97. The summed E-state index contributed by atoms with van der Waals surface area (Å²) >= 11 is 7.82. The van der Waals surface area contributed by atoms with Crippen LogP contribution in [0.5, 0.6) is 0 Å². The molecule has 2 saturated heterocycles. The van der Waals surface area contributed by atoms with Gasteiger partial charge in [0.1, 0.15) is 0 Å². The van der Waals surface area contributed by atoms with E-state index in [0.29, 0.717) is 24.0 Å². The predicted molar refractivity (Wildman–Crippen MR) is 132 cm³/mol. The molecule has 2 aliphatic heterocycles. The van der Waals surface area contributed by atoms with Crippen molar-refractivity contribution in [1.29, 1.82) is 0 Å². The van der Waals surface area contributed by atoms with Crippen molar-refractivity contribution in [3.05, 3.63) is 64.1 Å². The molecule has 2 fully saturated rings. The smallest absolute Gasteiger partial charge is 0.317 e. The Morgan fingerprint density at radius 2 is 1.64 bits per heavy atom. The number of piperidine rings is 2. The van der Waals surface area contributed by atoms with Crippen LogP contribution < -0.4 is 5.32 Å². The Kier molecular flexibility index (Phi) is 6.51. The van der Waals surface area contributed by atoms with Crippen LogP contribution >= 0.6 is 22.9 Å². The monoisotopic (exact) mass is 482 g/mol. The van der Waals surface area contributed by atoms with Crippen molar-refractivity contribution in [3.8, 4) is 0 Å². The van der Waals surface area contributed by atoms with Gasteiger partial charge in [0, 0.05) is 48.7 Å². The number of rotatable bonds is 3. The van der Waals surface area contributed by atoms with Gasteiger partial charge in [-0.25, -0.2) is 9.78 Å². The predicted octanol–water partition coefficient (Wildman–Crippen LogP) is 5.14. The van der Waals surface area contributed by atoms with E-state index in [9.17, 15) is 9.59 Å². The van der Waals surface area contributed by atoms with E-state index in [4.69, 9.17) is 16.6 Å². The molecule has 0 saturated carbocycles. The van der Waals surface area contributed by atoms with Crippen molar-refractivity contribution in [2.75, 3.05) is 26.2 Å². The Bertz CT molecular complexity index is 1140. The molecule has 0 unspecified atom stereocenters. The summed E-state index contributed by atoms with van der Waals surface area (Å²) in [4.78, 5) is 34.0. The van der Waals surface area contributed by atoms with Crippen LogP contribution in [0.4, 0.5) is 4.79 Å². The van der Waals surface area contributed by atoms with Crippen LogP contribution in [0.15, 0.2) is 48.5 Å². The zero-order valence-electron chi connectivity index (χ0n) is 18.4. The second kappa shape index (κ2) is 9.69. The van der Waals surface area contributed by atoms with Crippen LogP contribution in [0, 0.1) is 0 Å². The van der Waals surface area contributed by atoms with Crippen molar-refractivity contribution >= 4 is 45.1 Å². The van der Waals surface area contributed by atoms with Crippen LogP contribution in [-0.2, 0) is 0 Å². The summed E-state index contributed by atoms with van der Waals surface area (Å²) < 4.78 is 1.16. The molecule has 6 nitrogen and oxygen atoms in total. The van der Waals surface area contributed by atoms with Gasteiger partial charge in [0.25, 0.3) is 5.91 Å². The average Bonchev–Trinajstić information content (AvgIpc) is 3.28. The van der Waals surface area contributed by atoms with Gasteiger partial charge in [0.2, 0.25) is 0 Å². The van der Waals surface area contributed by atoms with E-state index < -0.39 is 0 Å². The standard InChI is InChI=1S/C25H27ClN4O2S/c26-19-6-7-22-21(16-19)28-23(33-22)17-8-12-30(13-9-17)25(32)27-20-10-14-29(15-11-20)24(31)18-4-2-1-3-5-18/h1-7,16-17,20H,8-15H2,(H,27,32). The first-order valence-electron chi connectivity index (χ1n) is 11.5. The molecular formula is C25H27ClN4O2S. The number of likely N-dealkylation sites (tertiary alicyclic amines) is 2. The first kappa shape index (κ1) is 22.2. The molecule has 3 aromatic rings. The van der Waals surface area contributed by atoms with E-state index in [-0.39, 0.29) is 18.0 Å². The second-order valence-electron chi connectivity index (χ2n) is 8.81. The molecule has 0 radical (unpaired) electrons. The summed E-state index contributed by atoms with van der Waals surface area (Å²) in [5.74, 6) is 0.456. The number of halogens is 1. The summed E-state index contributed by atoms with van der Waals surface area (Å²) in [6.45, 7) is 2.81. The lowest BCUT2D eigenvalue weighted by molar-refractivity contribution is 0.0706. The van der Waals surface area contributed by atoms with Gasteiger partial charge in [-0.1, -0.05) is 29.8 Å². The molecule has 1 aromatic heterocycles. The number of fused-ring (bicyclic) bond motifs is 1. The fourth-order valence-electron chi connectivity index (χ4n) is 4.68. The van der Waals surface area contributed by atoms with Crippen LogP contribution in [0.25, 0.3) is 10.2 Å². The summed E-state index contributed by atoms with van der Waals surface area (Å²) in [5, 5.41) is 5.04. The molecule has 2 aliphatic rings. The minimum absolute atomic E-state index is 0.0115. The minimum atomic E-state index is 0.0115. The quantitative estimate of drug-likeness (QED) is 0.561. The van der Waals surface area contributed by atoms with Gasteiger partial charge in [0.15, 0.2) is 0 Å². The number of thiazole rings is 1.